The molecule has 0 bridgehead atoms. The molecule has 0 spiro atoms. The minimum Gasteiger partial charge on any atom is -0.508 e. The molecule has 0 radical (unpaired) electrons. The lowest BCUT2D eigenvalue weighted by Crippen LogP contribution is -2.21. The third-order valence-electron chi connectivity index (χ3n) is 3.58. The zero-order valence-electron chi connectivity index (χ0n) is 10.8. The number of phenols is 1. The van der Waals surface area contributed by atoms with E-state index in [1.807, 2.05) is 17.5 Å². The Morgan fingerprint density at radius 1 is 1.19 bits per heavy atom. The van der Waals surface area contributed by atoms with Crippen molar-refractivity contribution < 1.29 is 9.90 Å². The van der Waals surface area contributed by atoms with E-state index in [2.05, 4.69) is 15.5 Å². The topological polar surface area (TPSA) is 78.0 Å². The Morgan fingerprint density at radius 3 is 2.71 bits per heavy atom. The summed E-state index contributed by atoms with van der Waals surface area (Å²) < 4.78 is 0. The van der Waals surface area contributed by atoms with Gasteiger partial charge in [-0.25, -0.2) is 0 Å². The van der Waals surface area contributed by atoms with E-state index in [-0.39, 0.29) is 17.7 Å². The molecule has 0 saturated heterocycles. The fourth-order valence-corrected chi connectivity index (χ4v) is 3.34. The number of aromatic nitrogens is 2. The van der Waals surface area contributed by atoms with Crippen molar-refractivity contribution in [1.29, 1.82) is 0 Å². The summed E-state index contributed by atoms with van der Waals surface area (Å²) in [5.74, 6) is 0.0242. The van der Waals surface area contributed by atoms with Gasteiger partial charge in [-0.1, -0.05) is 18.2 Å². The second kappa shape index (κ2) is 4.46. The van der Waals surface area contributed by atoms with E-state index >= 15 is 0 Å². The van der Waals surface area contributed by atoms with E-state index < -0.39 is 0 Å². The van der Waals surface area contributed by atoms with Crippen molar-refractivity contribution in [2.45, 2.75) is 6.04 Å². The maximum atomic E-state index is 12.1. The molecule has 0 saturated carbocycles. The molecule has 6 heteroatoms. The lowest BCUT2D eigenvalue weighted by molar-refractivity contribution is 0.0955. The van der Waals surface area contributed by atoms with Crippen LogP contribution in [0.5, 0.6) is 5.75 Å². The molecule has 2 aromatic heterocycles. The van der Waals surface area contributed by atoms with Crippen molar-refractivity contribution in [3.8, 4) is 16.3 Å². The molecule has 4 rings (SSSR count). The van der Waals surface area contributed by atoms with E-state index in [9.17, 15) is 9.90 Å². The first-order valence-electron chi connectivity index (χ1n) is 6.46. The first-order chi connectivity index (χ1) is 10.2. The molecule has 1 aliphatic heterocycles. The Kier molecular flexibility index (Phi) is 2.58. The quantitative estimate of drug-likeness (QED) is 0.680. The molecule has 1 amide bonds. The van der Waals surface area contributed by atoms with Crippen LogP contribution in [0.2, 0.25) is 0 Å². The SMILES string of the molecule is O=C1N[C@@H](c2ccc(O)cc2)c2c1n[nH]c2-c1cccs1. The summed E-state index contributed by atoms with van der Waals surface area (Å²) in [5.41, 5.74) is 3.10. The van der Waals surface area contributed by atoms with Crippen molar-refractivity contribution >= 4 is 17.2 Å². The molecule has 104 valence electrons. The van der Waals surface area contributed by atoms with Gasteiger partial charge < -0.3 is 10.4 Å². The molecule has 1 aromatic carbocycles. The Bertz CT molecular complexity index is 806. The van der Waals surface area contributed by atoms with Crippen molar-refractivity contribution in [3.05, 3.63) is 58.6 Å². The number of carbonyl (C=O) groups is 1. The summed E-state index contributed by atoms with van der Waals surface area (Å²) in [6.07, 6.45) is 0. The van der Waals surface area contributed by atoms with E-state index in [4.69, 9.17) is 0 Å². The van der Waals surface area contributed by atoms with E-state index in [0.29, 0.717) is 5.69 Å². The first-order valence-corrected chi connectivity index (χ1v) is 7.34. The number of nitrogens with zero attached hydrogens (tertiary/aromatic N) is 1. The zero-order valence-corrected chi connectivity index (χ0v) is 11.6. The van der Waals surface area contributed by atoms with Crippen LogP contribution in [0.3, 0.4) is 0 Å². The number of phenolic OH excluding ortho intramolecular Hbond substituents is 1. The van der Waals surface area contributed by atoms with Crippen LogP contribution in [0.15, 0.2) is 41.8 Å². The highest BCUT2D eigenvalue weighted by Gasteiger charge is 2.35. The predicted molar refractivity (Wildman–Crippen MR) is 79.3 cm³/mol. The number of carbonyl (C=O) groups excluding carboxylic acids is 1. The summed E-state index contributed by atoms with van der Waals surface area (Å²) in [4.78, 5) is 13.1. The molecule has 3 aromatic rings. The number of rotatable bonds is 2. The van der Waals surface area contributed by atoms with Crippen LogP contribution >= 0.6 is 11.3 Å². The van der Waals surface area contributed by atoms with E-state index in [0.717, 1.165) is 21.7 Å². The highest BCUT2D eigenvalue weighted by molar-refractivity contribution is 7.13. The molecule has 21 heavy (non-hydrogen) atoms. The van der Waals surface area contributed by atoms with Gasteiger partial charge in [-0.3, -0.25) is 9.89 Å². The van der Waals surface area contributed by atoms with Gasteiger partial charge in [-0.05, 0) is 29.1 Å². The number of benzene rings is 1. The lowest BCUT2D eigenvalue weighted by atomic mass is 9.99. The fourth-order valence-electron chi connectivity index (χ4n) is 2.60. The van der Waals surface area contributed by atoms with Crippen LogP contribution in [0.25, 0.3) is 10.6 Å². The number of amides is 1. The number of hydrogen-bond donors (Lipinski definition) is 3. The summed E-state index contributed by atoms with van der Waals surface area (Å²) >= 11 is 1.60. The summed E-state index contributed by atoms with van der Waals surface area (Å²) in [6.45, 7) is 0. The average molecular weight is 297 g/mol. The molecule has 1 aliphatic rings. The third-order valence-corrected chi connectivity index (χ3v) is 4.46. The Balaban J connectivity index is 1.86. The number of fused-ring (bicyclic) bond motifs is 1. The van der Waals surface area contributed by atoms with Crippen molar-refractivity contribution in [2.75, 3.05) is 0 Å². The third kappa shape index (κ3) is 1.84. The molecule has 0 fully saturated rings. The molecular weight excluding hydrogens is 286 g/mol. The average Bonchev–Trinajstić information content (AvgIpc) is 3.18. The number of H-pyrrole nitrogens is 1. The van der Waals surface area contributed by atoms with Crippen LogP contribution in [-0.2, 0) is 0 Å². The Labute approximate surface area is 124 Å². The second-order valence-electron chi connectivity index (χ2n) is 4.84. The number of thiophene rings is 1. The molecular formula is C15H11N3O2S. The second-order valence-corrected chi connectivity index (χ2v) is 5.78. The largest absolute Gasteiger partial charge is 0.508 e. The van der Waals surface area contributed by atoms with Gasteiger partial charge >= 0.3 is 0 Å². The van der Waals surface area contributed by atoms with Crippen LogP contribution in [-0.4, -0.2) is 21.2 Å². The first kappa shape index (κ1) is 12.2. The number of hydrogen-bond acceptors (Lipinski definition) is 4. The van der Waals surface area contributed by atoms with Gasteiger partial charge in [0.25, 0.3) is 5.91 Å². The molecule has 0 aliphatic carbocycles. The minimum absolute atomic E-state index is 0.179. The van der Waals surface area contributed by atoms with Gasteiger partial charge in [0.2, 0.25) is 0 Å². The van der Waals surface area contributed by atoms with E-state index in [1.54, 1.807) is 35.6 Å². The molecule has 3 heterocycles. The van der Waals surface area contributed by atoms with Gasteiger partial charge in [0, 0.05) is 5.56 Å². The summed E-state index contributed by atoms with van der Waals surface area (Å²) in [5, 5.41) is 21.5. The van der Waals surface area contributed by atoms with E-state index in [1.165, 1.54) is 0 Å². The molecule has 1 atom stereocenters. The van der Waals surface area contributed by atoms with Gasteiger partial charge in [-0.15, -0.1) is 11.3 Å². The van der Waals surface area contributed by atoms with Gasteiger partial charge in [-0.2, -0.15) is 5.10 Å². The van der Waals surface area contributed by atoms with Crippen LogP contribution in [0.1, 0.15) is 27.7 Å². The van der Waals surface area contributed by atoms with Gasteiger partial charge in [0.1, 0.15) is 5.75 Å². The molecule has 3 N–H and O–H groups in total. The molecule has 5 nitrogen and oxygen atoms in total. The van der Waals surface area contributed by atoms with Crippen LogP contribution in [0.4, 0.5) is 0 Å². The van der Waals surface area contributed by atoms with Crippen LogP contribution in [0, 0.1) is 0 Å². The maximum Gasteiger partial charge on any atom is 0.272 e. The monoisotopic (exact) mass is 297 g/mol. The maximum absolute atomic E-state index is 12.1. The highest BCUT2D eigenvalue weighted by atomic mass is 32.1. The van der Waals surface area contributed by atoms with Crippen molar-refractivity contribution in [3.63, 3.8) is 0 Å². The van der Waals surface area contributed by atoms with Gasteiger partial charge in [0.15, 0.2) is 5.69 Å². The standard InChI is InChI=1S/C15H11N3O2S/c19-9-5-3-8(4-6-9)12-11-13(10-2-1-7-21-10)17-18-14(11)15(20)16-12/h1-7,12,19H,(H,16,20)(H,17,18)/t12-/m0/s1. The smallest absolute Gasteiger partial charge is 0.272 e. The Morgan fingerprint density at radius 2 is 2.00 bits per heavy atom. The van der Waals surface area contributed by atoms with Crippen molar-refractivity contribution in [2.24, 2.45) is 0 Å². The highest BCUT2D eigenvalue weighted by Crippen LogP contribution is 2.38. The molecule has 0 unspecified atom stereocenters. The number of aromatic amines is 1. The predicted octanol–water partition coefficient (Wildman–Crippen LogP) is 2.68. The summed E-state index contributed by atoms with van der Waals surface area (Å²) in [7, 11) is 0. The Hall–Kier alpha value is -2.60. The summed E-state index contributed by atoms with van der Waals surface area (Å²) in [6, 6.07) is 10.6. The van der Waals surface area contributed by atoms with Crippen LogP contribution < -0.4 is 5.32 Å². The number of aromatic hydroxyl groups is 1. The fraction of sp³-hybridized carbons (Fsp3) is 0.0667. The van der Waals surface area contributed by atoms with Gasteiger partial charge in [0.05, 0.1) is 16.6 Å². The normalized spacial score (nSPS) is 16.8. The lowest BCUT2D eigenvalue weighted by Gasteiger charge is -2.13. The zero-order chi connectivity index (χ0) is 14.4. The minimum atomic E-state index is -0.246. The number of nitrogens with one attached hydrogen (secondary N) is 2. The van der Waals surface area contributed by atoms with Crippen molar-refractivity contribution in [1.82, 2.24) is 15.5 Å².